The zero-order valence-corrected chi connectivity index (χ0v) is 11.5. The fraction of sp³-hybridized carbons (Fsp3) is 0.357. The molecule has 0 aromatic rings. The number of halogens is 1. The van der Waals surface area contributed by atoms with Crippen LogP contribution in [0.4, 0.5) is 4.39 Å². The van der Waals surface area contributed by atoms with Gasteiger partial charge in [-0.2, -0.15) is 0 Å². The summed E-state index contributed by atoms with van der Waals surface area (Å²) in [5, 5.41) is 2.54. The van der Waals surface area contributed by atoms with Gasteiger partial charge in [-0.05, 0) is 13.0 Å². The van der Waals surface area contributed by atoms with Gasteiger partial charge >= 0.3 is 11.9 Å². The van der Waals surface area contributed by atoms with Crippen LogP contribution in [-0.4, -0.2) is 31.4 Å². The van der Waals surface area contributed by atoms with Gasteiger partial charge < -0.3 is 14.8 Å². The number of carbonyl (C=O) groups excluding carboxylic acids is 3. The van der Waals surface area contributed by atoms with E-state index in [2.05, 4.69) is 10.1 Å². The summed E-state index contributed by atoms with van der Waals surface area (Å²) in [6.07, 6.45) is 3.37. The smallest absolute Gasteiger partial charge is 0.354 e. The molecule has 0 bridgehead atoms. The Morgan fingerprint density at radius 1 is 1.43 bits per heavy atom. The summed E-state index contributed by atoms with van der Waals surface area (Å²) in [5.41, 5.74) is -0.273. The molecule has 0 amide bonds. The molecule has 112 valence electrons. The van der Waals surface area contributed by atoms with E-state index in [-0.39, 0.29) is 18.0 Å². The molecule has 0 aromatic heterocycles. The second-order valence-corrected chi connectivity index (χ2v) is 4.45. The minimum absolute atomic E-state index is 0.122. The van der Waals surface area contributed by atoms with E-state index < -0.39 is 35.4 Å². The summed E-state index contributed by atoms with van der Waals surface area (Å²) in [5.74, 6) is -4.65. The SMILES string of the molecule is CCOC(=O)C1=CC(=O)C2C(=C(F)C=CC2C(=O)OC)N1. The highest BCUT2D eigenvalue weighted by atomic mass is 19.1. The van der Waals surface area contributed by atoms with Gasteiger partial charge in [0.1, 0.15) is 11.5 Å². The number of fused-ring (bicyclic) bond motifs is 1. The highest BCUT2D eigenvalue weighted by Gasteiger charge is 2.42. The lowest BCUT2D eigenvalue weighted by molar-refractivity contribution is -0.146. The van der Waals surface area contributed by atoms with Crippen LogP contribution in [-0.2, 0) is 23.9 Å². The molecule has 1 N–H and O–H groups in total. The molecule has 1 aliphatic carbocycles. The largest absolute Gasteiger partial charge is 0.469 e. The Balaban J connectivity index is 2.37. The van der Waals surface area contributed by atoms with Crippen LogP contribution in [0.3, 0.4) is 0 Å². The summed E-state index contributed by atoms with van der Waals surface area (Å²) in [6.45, 7) is 1.74. The van der Waals surface area contributed by atoms with Gasteiger partial charge in [0, 0.05) is 6.08 Å². The quantitative estimate of drug-likeness (QED) is 0.774. The molecule has 1 heterocycles. The minimum Gasteiger partial charge on any atom is -0.469 e. The fourth-order valence-electron chi connectivity index (χ4n) is 2.26. The second-order valence-electron chi connectivity index (χ2n) is 4.45. The molecular weight excluding hydrogens is 281 g/mol. The highest BCUT2D eigenvalue weighted by molar-refractivity contribution is 6.05. The number of carbonyl (C=O) groups is 3. The lowest BCUT2D eigenvalue weighted by Gasteiger charge is -2.30. The van der Waals surface area contributed by atoms with Gasteiger partial charge in [-0.1, -0.05) is 6.08 Å². The van der Waals surface area contributed by atoms with Crippen LogP contribution in [0.25, 0.3) is 0 Å². The van der Waals surface area contributed by atoms with E-state index in [4.69, 9.17) is 4.74 Å². The normalized spacial score (nSPS) is 24.0. The molecule has 21 heavy (non-hydrogen) atoms. The zero-order chi connectivity index (χ0) is 15.6. The molecule has 0 saturated carbocycles. The lowest BCUT2D eigenvalue weighted by Crippen LogP contribution is -2.42. The maximum Gasteiger partial charge on any atom is 0.354 e. The number of methoxy groups -OCH3 is 1. The molecule has 2 atom stereocenters. The molecule has 0 spiro atoms. The predicted molar refractivity (Wildman–Crippen MR) is 69.1 cm³/mol. The number of ketones is 1. The van der Waals surface area contributed by atoms with Crippen LogP contribution in [0, 0.1) is 11.8 Å². The van der Waals surface area contributed by atoms with Crippen LogP contribution >= 0.6 is 0 Å². The second kappa shape index (κ2) is 5.90. The summed E-state index contributed by atoms with van der Waals surface area (Å²) in [7, 11) is 1.19. The average molecular weight is 295 g/mol. The number of esters is 2. The first-order valence-electron chi connectivity index (χ1n) is 6.35. The van der Waals surface area contributed by atoms with Gasteiger partial charge in [0.05, 0.1) is 31.2 Å². The van der Waals surface area contributed by atoms with Crippen molar-refractivity contribution in [3.8, 4) is 0 Å². The number of rotatable bonds is 3. The van der Waals surface area contributed by atoms with Gasteiger partial charge in [0.25, 0.3) is 0 Å². The molecule has 2 rings (SSSR count). The number of nitrogens with one attached hydrogen (secondary N) is 1. The standard InChI is InChI=1S/C14H14FNO5/c1-3-21-14(19)9-6-10(17)11-7(13(18)20-2)4-5-8(15)12(11)16-9/h4-7,11,16H,3H2,1-2H3. The Bertz CT molecular complexity index is 590. The Hall–Kier alpha value is -2.44. The number of ether oxygens (including phenoxy) is 2. The van der Waals surface area contributed by atoms with E-state index in [1.54, 1.807) is 6.92 Å². The van der Waals surface area contributed by atoms with Crippen molar-refractivity contribution in [1.29, 1.82) is 0 Å². The van der Waals surface area contributed by atoms with Crippen LogP contribution < -0.4 is 5.32 Å². The molecule has 7 heteroatoms. The number of hydrogen-bond donors (Lipinski definition) is 1. The molecule has 0 radical (unpaired) electrons. The van der Waals surface area contributed by atoms with Gasteiger partial charge in [-0.25, -0.2) is 9.18 Å². The van der Waals surface area contributed by atoms with Gasteiger partial charge in [0.15, 0.2) is 5.78 Å². The van der Waals surface area contributed by atoms with E-state index in [9.17, 15) is 18.8 Å². The summed E-state index contributed by atoms with van der Waals surface area (Å²) in [4.78, 5) is 35.5. The van der Waals surface area contributed by atoms with Crippen LogP contribution in [0.5, 0.6) is 0 Å². The van der Waals surface area contributed by atoms with Crippen LogP contribution in [0.2, 0.25) is 0 Å². The summed E-state index contributed by atoms with van der Waals surface area (Å²) in [6, 6.07) is 0. The number of hydrogen-bond acceptors (Lipinski definition) is 6. The molecular formula is C14H14FNO5. The molecule has 2 unspecified atom stereocenters. The monoisotopic (exact) mass is 295 g/mol. The molecule has 0 aromatic carbocycles. The van der Waals surface area contributed by atoms with E-state index in [1.165, 1.54) is 13.2 Å². The van der Waals surface area contributed by atoms with Crippen molar-refractivity contribution >= 4 is 17.7 Å². The van der Waals surface area contributed by atoms with Gasteiger partial charge in [-0.3, -0.25) is 9.59 Å². The van der Waals surface area contributed by atoms with E-state index >= 15 is 0 Å². The average Bonchev–Trinajstić information content (AvgIpc) is 2.47. The van der Waals surface area contributed by atoms with Crippen molar-refractivity contribution in [2.75, 3.05) is 13.7 Å². The maximum absolute atomic E-state index is 13.9. The highest BCUT2D eigenvalue weighted by Crippen LogP contribution is 2.34. The van der Waals surface area contributed by atoms with Crippen LogP contribution in [0.1, 0.15) is 6.92 Å². The third-order valence-electron chi connectivity index (χ3n) is 3.21. The van der Waals surface area contributed by atoms with E-state index in [0.29, 0.717) is 0 Å². The first-order chi connectivity index (χ1) is 9.99. The zero-order valence-electron chi connectivity index (χ0n) is 11.5. The third-order valence-corrected chi connectivity index (χ3v) is 3.21. The topological polar surface area (TPSA) is 81.7 Å². The van der Waals surface area contributed by atoms with Gasteiger partial charge in [0.2, 0.25) is 0 Å². The Morgan fingerprint density at radius 2 is 2.14 bits per heavy atom. The Kier molecular flexibility index (Phi) is 4.21. The van der Waals surface area contributed by atoms with Crippen molar-refractivity contribution < 1.29 is 28.2 Å². The molecule has 0 saturated heterocycles. The fourth-order valence-corrected chi connectivity index (χ4v) is 2.26. The molecule has 1 aliphatic heterocycles. The Labute approximate surface area is 120 Å². The Morgan fingerprint density at radius 3 is 2.76 bits per heavy atom. The van der Waals surface area contributed by atoms with Crippen molar-refractivity contribution in [3.63, 3.8) is 0 Å². The summed E-state index contributed by atoms with van der Waals surface area (Å²) < 4.78 is 23.3. The lowest BCUT2D eigenvalue weighted by atomic mass is 9.80. The van der Waals surface area contributed by atoms with E-state index in [0.717, 1.165) is 12.2 Å². The minimum atomic E-state index is -1.05. The van der Waals surface area contributed by atoms with E-state index in [1.807, 2.05) is 0 Å². The number of allylic oxidation sites excluding steroid dienone is 4. The van der Waals surface area contributed by atoms with Crippen LogP contribution in [0.15, 0.2) is 35.4 Å². The first kappa shape index (κ1) is 15.0. The molecule has 6 nitrogen and oxygen atoms in total. The predicted octanol–water partition coefficient (Wildman–Crippen LogP) is 0.762. The van der Waals surface area contributed by atoms with Crippen molar-refractivity contribution in [2.45, 2.75) is 6.92 Å². The van der Waals surface area contributed by atoms with Crippen molar-refractivity contribution in [2.24, 2.45) is 11.8 Å². The molecule has 0 fully saturated rings. The first-order valence-corrected chi connectivity index (χ1v) is 6.35. The third kappa shape index (κ3) is 2.72. The molecule has 2 aliphatic rings. The van der Waals surface area contributed by atoms with Gasteiger partial charge in [-0.15, -0.1) is 0 Å². The van der Waals surface area contributed by atoms with Crippen molar-refractivity contribution in [1.82, 2.24) is 5.32 Å². The summed E-state index contributed by atoms with van der Waals surface area (Å²) >= 11 is 0. The maximum atomic E-state index is 13.9. The van der Waals surface area contributed by atoms with Crippen molar-refractivity contribution in [3.05, 3.63) is 35.4 Å².